The van der Waals surface area contributed by atoms with Crippen molar-refractivity contribution < 1.29 is 4.79 Å². The van der Waals surface area contributed by atoms with Gasteiger partial charge < -0.3 is 9.88 Å². The zero-order valence-corrected chi connectivity index (χ0v) is 16.3. The number of amides is 1. The molecule has 132 valence electrons. The largest absolute Gasteiger partial charge is 0.346 e. The molecule has 0 atom stereocenters. The molecule has 3 aromatic rings. The molecule has 0 bridgehead atoms. The van der Waals surface area contributed by atoms with Crippen LogP contribution in [0, 0.1) is 6.92 Å². The molecule has 0 saturated heterocycles. The number of benzene rings is 2. The molecule has 0 saturated carbocycles. The highest BCUT2D eigenvalue weighted by molar-refractivity contribution is 9.10. The van der Waals surface area contributed by atoms with Crippen molar-refractivity contribution in [1.29, 1.82) is 0 Å². The number of hydrogen-bond acceptors (Lipinski definition) is 2. The fraction of sp³-hybridized carbons (Fsp3) is 0.238. The molecular weight excluding hydrogens is 392 g/mol. The van der Waals surface area contributed by atoms with Gasteiger partial charge in [0.05, 0.1) is 5.52 Å². The second-order valence-electron chi connectivity index (χ2n) is 6.69. The van der Waals surface area contributed by atoms with Gasteiger partial charge in [0.15, 0.2) is 0 Å². The van der Waals surface area contributed by atoms with Crippen LogP contribution in [0.1, 0.15) is 34.0 Å². The number of rotatable bonds is 3. The third kappa shape index (κ3) is 2.67. The Hall–Kier alpha value is -2.40. The number of para-hydroxylation sites is 1. The number of aromatic nitrogens is 1. The molecule has 1 N–H and O–H groups in total. The van der Waals surface area contributed by atoms with Crippen LogP contribution in [0.2, 0.25) is 0 Å². The van der Waals surface area contributed by atoms with E-state index in [0.717, 1.165) is 51.8 Å². The van der Waals surface area contributed by atoms with Gasteiger partial charge >= 0.3 is 0 Å². The number of halogens is 1. The van der Waals surface area contributed by atoms with Gasteiger partial charge in [0.1, 0.15) is 5.56 Å². The van der Waals surface area contributed by atoms with E-state index in [1.54, 1.807) is 6.20 Å². The van der Waals surface area contributed by atoms with Crippen molar-refractivity contribution in [2.24, 2.45) is 0 Å². The van der Waals surface area contributed by atoms with E-state index >= 15 is 0 Å². The quantitative estimate of drug-likeness (QED) is 0.693. The van der Waals surface area contributed by atoms with Crippen LogP contribution in [0.25, 0.3) is 10.9 Å². The second-order valence-corrected chi connectivity index (χ2v) is 7.61. The maximum Gasteiger partial charge on any atom is 0.261 e. The van der Waals surface area contributed by atoms with Crippen molar-refractivity contribution in [1.82, 2.24) is 4.57 Å². The van der Waals surface area contributed by atoms with E-state index in [-0.39, 0.29) is 16.9 Å². The monoisotopic (exact) mass is 410 g/mol. The molecule has 0 fully saturated rings. The van der Waals surface area contributed by atoms with E-state index in [9.17, 15) is 9.59 Å². The summed E-state index contributed by atoms with van der Waals surface area (Å²) in [5, 5.41) is 3.57. The van der Waals surface area contributed by atoms with E-state index in [0.29, 0.717) is 5.39 Å². The molecule has 0 spiro atoms. The smallest absolute Gasteiger partial charge is 0.261 e. The highest BCUT2D eigenvalue weighted by atomic mass is 79.9. The minimum Gasteiger partial charge on any atom is -0.346 e. The first-order valence-corrected chi connectivity index (χ1v) is 9.54. The zero-order valence-electron chi connectivity index (χ0n) is 14.7. The first kappa shape index (κ1) is 17.0. The normalized spacial score (nSPS) is 12.6. The Morgan fingerprint density at radius 2 is 2.12 bits per heavy atom. The molecule has 5 heteroatoms. The van der Waals surface area contributed by atoms with E-state index in [2.05, 4.69) is 28.2 Å². The number of anilines is 1. The number of carbonyl (C=O) groups excluding carboxylic acids is 1. The lowest BCUT2D eigenvalue weighted by molar-refractivity contribution is 0.102. The fourth-order valence-corrected chi connectivity index (χ4v) is 4.25. The SMILES string of the molecule is CCc1cccc(C)c1NC(=O)c1cn2c3c(cc(Br)cc3c1=O)CC2. The summed E-state index contributed by atoms with van der Waals surface area (Å²) in [4.78, 5) is 25.9. The number of carbonyl (C=O) groups is 1. The van der Waals surface area contributed by atoms with Crippen LogP contribution < -0.4 is 10.7 Å². The molecule has 0 radical (unpaired) electrons. The van der Waals surface area contributed by atoms with Crippen LogP contribution in [-0.4, -0.2) is 10.5 Å². The van der Waals surface area contributed by atoms with Gasteiger partial charge in [0.2, 0.25) is 5.43 Å². The van der Waals surface area contributed by atoms with E-state index < -0.39 is 0 Å². The average molecular weight is 411 g/mol. The van der Waals surface area contributed by atoms with Crippen molar-refractivity contribution in [3.8, 4) is 0 Å². The first-order chi connectivity index (χ1) is 12.5. The van der Waals surface area contributed by atoms with Gasteiger partial charge in [-0.25, -0.2) is 0 Å². The molecule has 4 rings (SSSR count). The van der Waals surface area contributed by atoms with Gasteiger partial charge in [0.25, 0.3) is 5.91 Å². The van der Waals surface area contributed by atoms with E-state index in [1.165, 1.54) is 0 Å². The molecule has 1 aliphatic heterocycles. The van der Waals surface area contributed by atoms with Crippen molar-refractivity contribution in [2.75, 3.05) is 5.32 Å². The second kappa shape index (κ2) is 6.40. The number of pyridine rings is 1. The molecule has 4 nitrogen and oxygen atoms in total. The lowest BCUT2D eigenvalue weighted by atomic mass is 10.0. The Morgan fingerprint density at radius 3 is 2.88 bits per heavy atom. The van der Waals surface area contributed by atoms with Gasteiger partial charge in [-0.15, -0.1) is 0 Å². The maximum atomic E-state index is 13.0. The van der Waals surface area contributed by atoms with Gasteiger partial charge in [-0.05, 0) is 48.6 Å². The third-order valence-electron chi connectivity index (χ3n) is 5.06. The molecule has 1 aromatic heterocycles. The Morgan fingerprint density at radius 1 is 1.31 bits per heavy atom. The maximum absolute atomic E-state index is 13.0. The molecule has 2 heterocycles. The topological polar surface area (TPSA) is 51.1 Å². The highest BCUT2D eigenvalue weighted by Gasteiger charge is 2.22. The molecular formula is C21H19BrN2O2. The number of aryl methyl sites for hydroxylation is 4. The Bertz CT molecular complexity index is 1120. The van der Waals surface area contributed by atoms with Crippen LogP contribution >= 0.6 is 15.9 Å². The van der Waals surface area contributed by atoms with Gasteiger partial charge in [-0.3, -0.25) is 9.59 Å². The van der Waals surface area contributed by atoms with Crippen molar-refractivity contribution >= 4 is 38.4 Å². The van der Waals surface area contributed by atoms with Crippen LogP contribution in [0.5, 0.6) is 0 Å². The lowest BCUT2D eigenvalue weighted by Crippen LogP contribution is -2.24. The Balaban J connectivity index is 1.83. The minimum absolute atomic E-state index is 0.189. The van der Waals surface area contributed by atoms with Crippen LogP contribution in [0.4, 0.5) is 5.69 Å². The number of nitrogens with zero attached hydrogens (tertiary/aromatic N) is 1. The van der Waals surface area contributed by atoms with E-state index in [1.807, 2.05) is 41.8 Å². The van der Waals surface area contributed by atoms with Gasteiger partial charge in [-0.2, -0.15) is 0 Å². The molecule has 0 aliphatic carbocycles. The summed E-state index contributed by atoms with van der Waals surface area (Å²) < 4.78 is 2.89. The highest BCUT2D eigenvalue weighted by Crippen LogP contribution is 2.28. The van der Waals surface area contributed by atoms with E-state index in [4.69, 9.17) is 0 Å². The summed E-state index contributed by atoms with van der Waals surface area (Å²) in [6.45, 7) is 4.80. The van der Waals surface area contributed by atoms with Crippen molar-refractivity contribution in [2.45, 2.75) is 33.2 Å². The standard InChI is InChI=1S/C21H19BrN2O2/c1-3-13-6-4-5-12(2)18(13)23-21(26)17-11-24-8-7-14-9-15(22)10-16(19(14)24)20(17)25/h4-6,9-11H,3,7-8H2,1-2H3,(H,23,26). The fourth-order valence-electron chi connectivity index (χ4n) is 3.74. The predicted molar refractivity (Wildman–Crippen MR) is 108 cm³/mol. The average Bonchev–Trinajstić information content (AvgIpc) is 3.02. The Labute approximate surface area is 160 Å². The summed E-state index contributed by atoms with van der Waals surface area (Å²) in [6.07, 6.45) is 3.39. The zero-order chi connectivity index (χ0) is 18.4. The Kier molecular flexibility index (Phi) is 4.19. The van der Waals surface area contributed by atoms with Crippen molar-refractivity contribution in [3.63, 3.8) is 0 Å². The summed E-state index contributed by atoms with van der Waals surface area (Å²) >= 11 is 3.48. The molecule has 26 heavy (non-hydrogen) atoms. The summed E-state index contributed by atoms with van der Waals surface area (Å²) in [7, 11) is 0. The van der Waals surface area contributed by atoms with Crippen LogP contribution in [0.3, 0.4) is 0 Å². The molecule has 1 amide bonds. The van der Waals surface area contributed by atoms with Crippen molar-refractivity contribution in [3.05, 3.63) is 73.5 Å². The summed E-state index contributed by atoms with van der Waals surface area (Å²) in [6, 6.07) is 9.80. The van der Waals surface area contributed by atoms with Gasteiger partial charge in [0, 0.05) is 28.3 Å². The number of hydrogen-bond donors (Lipinski definition) is 1. The molecule has 2 aromatic carbocycles. The molecule has 1 aliphatic rings. The predicted octanol–water partition coefficient (Wildman–Crippen LogP) is 4.44. The third-order valence-corrected chi connectivity index (χ3v) is 5.52. The van der Waals surface area contributed by atoms with Gasteiger partial charge in [-0.1, -0.05) is 41.1 Å². The van der Waals surface area contributed by atoms with Crippen LogP contribution in [-0.2, 0) is 19.4 Å². The molecule has 0 unspecified atom stereocenters. The lowest BCUT2D eigenvalue weighted by Gasteiger charge is -2.14. The van der Waals surface area contributed by atoms with Crippen LogP contribution in [0.15, 0.2) is 45.8 Å². The minimum atomic E-state index is -0.349. The number of nitrogens with one attached hydrogen (secondary N) is 1. The first-order valence-electron chi connectivity index (χ1n) is 8.75. The summed E-state index contributed by atoms with van der Waals surface area (Å²) in [5.41, 5.74) is 4.92. The summed E-state index contributed by atoms with van der Waals surface area (Å²) in [5.74, 6) is -0.349.